The first-order valence-corrected chi connectivity index (χ1v) is 6.69. The highest BCUT2D eigenvalue weighted by atomic mass is 35.5. The minimum absolute atomic E-state index is 0.00354. The van der Waals surface area contributed by atoms with Crippen molar-refractivity contribution in [3.05, 3.63) is 34.4 Å². The van der Waals surface area contributed by atoms with Crippen LogP contribution in [0.3, 0.4) is 0 Å². The van der Waals surface area contributed by atoms with Crippen LogP contribution in [-0.2, 0) is 0 Å². The van der Waals surface area contributed by atoms with E-state index in [-0.39, 0.29) is 16.5 Å². The van der Waals surface area contributed by atoms with Gasteiger partial charge in [-0.15, -0.1) is 0 Å². The molecule has 1 aromatic rings. The Kier molecular flexibility index (Phi) is 4.23. The maximum atomic E-state index is 13.7. The summed E-state index contributed by atoms with van der Waals surface area (Å²) in [6, 6.07) is 1.95. The summed E-state index contributed by atoms with van der Waals surface area (Å²) in [4.78, 5) is 0. The van der Waals surface area contributed by atoms with Crippen LogP contribution in [0.25, 0.3) is 0 Å². The van der Waals surface area contributed by atoms with Crippen molar-refractivity contribution in [3.8, 4) is 0 Å². The molecule has 1 saturated carbocycles. The van der Waals surface area contributed by atoms with Gasteiger partial charge in [0.2, 0.25) is 0 Å². The molecule has 1 nitrogen and oxygen atoms in total. The summed E-state index contributed by atoms with van der Waals surface area (Å²) in [7, 11) is 0. The largest absolute Gasteiger partial charge is 0.388 e. The first-order chi connectivity index (χ1) is 8.49. The highest BCUT2D eigenvalue weighted by Crippen LogP contribution is 2.38. The number of halogens is 3. The molecule has 0 bridgehead atoms. The Hall–Kier alpha value is -0.670. The maximum absolute atomic E-state index is 13.7. The second-order valence-electron chi connectivity index (χ2n) is 5.26. The van der Waals surface area contributed by atoms with Gasteiger partial charge in [0.05, 0.1) is 11.1 Å². The summed E-state index contributed by atoms with van der Waals surface area (Å²) in [5, 5.41) is 9.96. The van der Waals surface area contributed by atoms with Gasteiger partial charge in [-0.25, -0.2) is 8.78 Å². The first-order valence-electron chi connectivity index (χ1n) is 6.31. The molecule has 0 aromatic heterocycles. The van der Waals surface area contributed by atoms with Gasteiger partial charge in [0.1, 0.15) is 11.6 Å². The van der Waals surface area contributed by atoms with Crippen LogP contribution in [0.5, 0.6) is 0 Å². The molecule has 0 radical (unpaired) electrons. The lowest BCUT2D eigenvalue weighted by Crippen LogP contribution is -2.21. The normalized spacial score (nSPS) is 26.1. The Balaban J connectivity index is 2.22. The fraction of sp³-hybridized carbons (Fsp3) is 0.571. The molecular weight excluding hydrogens is 258 g/mol. The smallest absolute Gasteiger partial charge is 0.142 e. The van der Waals surface area contributed by atoms with Gasteiger partial charge in [0.15, 0.2) is 0 Å². The lowest BCUT2D eigenvalue weighted by Gasteiger charge is -2.30. The Labute approximate surface area is 111 Å². The second-order valence-corrected chi connectivity index (χ2v) is 5.67. The number of rotatable bonds is 2. The average Bonchev–Trinajstić information content (AvgIpc) is 2.33. The molecule has 0 spiro atoms. The lowest BCUT2D eigenvalue weighted by molar-refractivity contribution is 0.0682. The number of hydrogen-bond acceptors (Lipinski definition) is 1. The molecule has 0 amide bonds. The van der Waals surface area contributed by atoms with E-state index in [2.05, 4.69) is 6.92 Å². The van der Waals surface area contributed by atoms with Crippen molar-refractivity contribution in [1.82, 2.24) is 0 Å². The Morgan fingerprint density at radius 2 is 2.00 bits per heavy atom. The molecule has 3 unspecified atom stereocenters. The van der Waals surface area contributed by atoms with Gasteiger partial charge in [-0.3, -0.25) is 0 Å². The molecular formula is C14H17ClF2O. The molecule has 3 atom stereocenters. The van der Waals surface area contributed by atoms with Crippen LogP contribution in [0.15, 0.2) is 12.1 Å². The Morgan fingerprint density at radius 1 is 1.28 bits per heavy atom. The van der Waals surface area contributed by atoms with Crippen LogP contribution in [0.1, 0.15) is 44.3 Å². The van der Waals surface area contributed by atoms with Gasteiger partial charge in [-0.1, -0.05) is 31.4 Å². The van der Waals surface area contributed by atoms with Crippen molar-refractivity contribution in [2.45, 2.75) is 38.7 Å². The van der Waals surface area contributed by atoms with E-state index in [0.717, 1.165) is 37.8 Å². The van der Waals surface area contributed by atoms with Crippen LogP contribution in [0, 0.1) is 23.5 Å². The molecule has 4 heteroatoms. The van der Waals surface area contributed by atoms with Crippen molar-refractivity contribution >= 4 is 11.6 Å². The van der Waals surface area contributed by atoms with E-state index in [9.17, 15) is 13.9 Å². The van der Waals surface area contributed by atoms with E-state index < -0.39 is 17.7 Å². The molecule has 2 rings (SSSR count). The Morgan fingerprint density at radius 3 is 2.67 bits per heavy atom. The first kappa shape index (κ1) is 13.8. The molecule has 0 saturated heterocycles. The molecule has 18 heavy (non-hydrogen) atoms. The summed E-state index contributed by atoms with van der Waals surface area (Å²) in [5.74, 6) is -0.787. The van der Waals surface area contributed by atoms with E-state index in [1.165, 1.54) is 0 Å². The Bertz CT molecular complexity index is 436. The SMILES string of the molecule is CC1CCCC(C(O)c2cc(F)c(Cl)cc2F)C1. The summed E-state index contributed by atoms with van der Waals surface area (Å²) >= 11 is 5.50. The van der Waals surface area contributed by atoms with Crippen LogP contribution in [0.2, 0.25) is 5.02 Å². The van der Waals surface area contributed by atoms with Crippen LogP contribution >= 0.6 is 11.6 Å². The van der Waals surface area contributed by atoms with Crippen molar-refractivity contribution in [1.29, 1.82) is 0 Å². The van der Waals surface area contributed by atoms with Gasteiger partial charge in [-0.05, 0) is 36.8 Å². The third-order valence-corrected chi connectivity index (χ3v) is 4.07. The zero-order valence-corrected chi connectivity index (χ0v) is 11.1. The van der Waals surface area contributed by atoms with Crippen molar-refractivity contribution in [3.63, 3.8) is 0 Å². The number of benzene rings is 1. The maximum Gasteiger partial charge on any atom is 0.142 e. The van der Waals surface area contributed by atoms with Gasteiger partial charge in [0, 0.05) is 5.56 Å². The number of hydrogen-bond donors (Lipinski definition) is 1. The predicted octanol–water partition coefficient (Wildman–Crippen LogP) is 4.48. The van der Waals surface area contributed by atoms with Crippen molar-refractivity contribution in [2.24, 2.45) is 11.8 Å². The number of aliphatic hydroxyl groups is 1. The van der Waals surface area contributed by atoms with Gasteiger partial charge in [-0.2, -0.15) is 0 Å². The summed E-state index contributed by atoms with van der Waals surface area (Å²) in [6.45, 7) is 2.12. The highest BCUT2D eigenvalue weighted by molar-refractivity contribution is 6.30. The zero-order valence-electron chi connectivity index (χ0n) is 10.3. The standard InChI is InChI=1S/C14H17ClF2O/c1-8-3-2-4-9(5-8)14(18)10-6-13(17)11(15)7-12(10)16/h6-9,14,18H,2-5H2,1H3. The number of aliphatic hydroxyl groups excluding tert-OH is 1. The average molecular weight is 275 g/mol. The third kappa shape index (κ3) is 2.83. The van der Waals surface area contributed by atoms with Crippen molar-refractivity contribution in [2.75, 3.05) is 0 Å². The van der Waals surface area contributed by atoms with E-state index in [1.807, 2.05) is 0 Å². The van der Waals surface area contributed by atoms with E-state index in [0.29, 0.717) is 5.92 Å². The molecule has 1 aromatic carbocycles. The molecule has 1 aliphatic rings. The molecule has 1 N–H and O–H groups in total. The van der Waals surface area contributed by atoms with Crippen LogP contribution in [0.4, 0.5) is 8.78 Å². The van der Waals surface area contributed by atoms with Crippen LogP contribution in [-0.4, -0.2) is 5.11 Å². The van der Waals surface area contributed by atoms with E-state index in [4.69, 9.17) is 11.6 Å². The highest BCUT2D eigenvalue weighted by Gasteiger charge is 2.28. The van der Waals surface area contributed by atoms with Gasteiger partial charge >= 0.3 is 0 Å². The molecule has 1 aliphatic carbocycles. The minimum Gasteiger partial charge on any atom is -0.388 e. The summed E-state index contributed by atoms with van der Waals surface area (Å²) in [6.07, 6.45) is 2.93. The third-order valence-electron chi connectivity index (χ3n) is 3.78. The minimum atomic E-state index is -0.945. The monoisotopic (exact) mass is 274 g/mol. The molecule has 0 heterocycles. The van der Waals surface area contributed by atoms with E-state index >= 15 is 0 Å². The molecule has 0 aliphatic heterocycles. The summed E-state index contributed by atoms with van der Waals surface area (Å²) < 4.78 is 27.1. The van der Waals surface area contributed by atoms with Crippen LogP contribution < -0.4 is 0 Å². The summed E-state index contributed by atoms with van der Waals surface area (Å²) in [5.41, 5.74) is 0.0241. The van der Waals surface area contributed by atoms with Crippen molar-refractivity contribution < 1.29 is 13.9 Å². The fourth-order valence-corrected chi connectivity index (χ4v) is 2.94. The fourth-order valence-electron chi connectivity index (χ4n) is 2.79. The van der Waals surface area contributed by atoms with E-state index in [1.54, 1.807) is 0 Å². The second kappa shape index (κ2) is 5.54. The zero-order chi connectivity index (χ0) is 13.3. The van der Waals surface area contributed by atoms with Gasteiger partial charge < -0.3 is 5.11 Å². The van der Waals surface area contributed by atoms with Gasteiger partial charge in [0.25, 0.3) is 0 Å². The topological polar surface area (TPSA) is 20.2 Å². The predicted molar refractivity (Wildman–Crippen MR) is 67.4 cm³/mol. The lowest BCUT2D eigenvalue weighted by atomic mass is 9.78. The quantitative estimate of drug-likeness (QED) is 0.789. The molecule has 100 valence electrons. The molecule has 1 fully saturated rings.